The number of carbonyl (C=O) groups excluding carboxylic acids is 1. The molecule has 1 N–H and O–H groups in total. The van der Waals surface area contributed by atoms with Crippen molar-refractivity contribution in [1.29, 1.82) is 0 Å². The maximum absolute atomic E-state index is 12.5. The molecule has 2 rings (SSSR count). The summed E-state index contributed by atoms with van der Waals surface area (Å²) in [4.78, 5) is 23.2. The van der Waals surface area contributed by atoms with Crippen molar-refractivity contribution >= 4 is 11.6 Å². The van der Waals surface area contributed by atoms with Crippen LogP contribution in [0.1, 0.15) is 54.9 Å². The second-order valence-corrected chi connectivity index (χ2v) is 5.61. The Hall–Kier alpha value is -2.11. The second-order valence-electron chi connectivity index (χ2n) is 5.61. The number of aryl methyl sites for hydroxylation is 1. The molecule has 1 aromatic rings. The van der Waals surface area contributed by atoms with E-state index >= 15 is 0 Å². The first-order valence-electron chi connectivity index (χ1n) is 7.73. The predicted molar refractivity (Wildman–Crippen MR) is 83.4 cm³/mol. The van der Waals surface area contributed by atoms with Gasteiger partial charge in [-0.1, -0.05) is 26.2 Å². The number of hydrogen-bond acceptors (Lipinski definition) is 4. The van der Waals surface area contributed by atoms with Crippen LogP contribution in [0.5, 0.6) is 5.75 Å². The van der Waals surface area contributed by atoms with Gasteiger partial charge in [-0.3, -0.25) is 14.9 Å². The smallest absolute Gasteiger partial charge is 0.312 e. The van der Waals surface area contributed by atoms with Crippen LogP contribution in [-0.2, 0) is 6.42 Å². The Morgan fingerprint density at radius 3 is 2.59 bits per heavy atom. The molecule has 0 aromatic heterocycles. The SMILES string of the molecule is CCc1cc(C(=O)NC2CCCCC2)c(OC)c([N+](=O)[O-])c1. The highest BCUT2D eigenvalue weighted by atomic mass is 16.6. The molecule has 1 aromatic carbocycles. The predicted octanol–water partition coefficient (Wildman–Crippen LogP) is 3.23. The quantitative estimate of drug-likeness (QED) is 0.669. The Kier molecular flexibility index (Phi) is 5.35. The van der Waals surface area contributed by atoms with Crippen molar-refractivity contribution in [3.05, 3.63) is 33.4 Å². The number of nitro benzene ring substituents is 1. The van der Waals surface area contributed by atoms with Crippen molar-refractivity contribution in [1.82, 2.24) is 5.32 Å². The van der Waals surface area contributed by atoms with Gasteiger partial charge in [-0.2, -0.15) is 0 Å². The molecule has 1 saturated carbocycles. The molecule has 1 aliphatic rings. The molecule has 0 heterocycles. The lowest BCUT2D eigenvalue weighted by molar-refractivity contribution is -0.385. The minimum absolute atomic E-state index is 0.0375. The van der Waals surface area contributed by atoms with E-state index in [2.05, 4.69) is 5.32 Å². The van der Waals surface area contributed by atoms with Gasteiger partial charge in [0.15, 0.2) is 0 Å². The van der Waals surface area contributed by atoms with Crippen LogP contribution in [0.15, 0.2) is 12.1 Å². The molecule has 0 bridgehead atoms. The standard InChI is InChI=1S/C16H22N2O4/c1-3-11-9-13(15(22-2)14(10-11)18(20)21)16(19)17-12-7-5-4-6-8-12/h9-10,12H,3-8H2,1-2H3,(H,17,19). The number of nitrogens with one attached hydrogen (secondary N) is 1. The van der Waals surface area contributed by atoms with Crippen LogP contribution in [0.25, 0.3) is 0 Å². The van der Waals surface area contributed by atoms with Gasteiger partial charge < -0.3 is 10.1 Å². The van der Waals surface area contributed by atoms with E-state index in [1.165, 1.54) is 19.6 Å². The highest BCUT2D eigenvalue weighted by molar-refractivity contribution is 5.98. The lowest BCUT2D eigenvalue weighted by atomic mass is 9.95. The van der Waals surface area contributed by atoms with Crippen LogP contribution in [0.4, 0.5) is 5.69 Å². The van der Waals surface area contributed by atoms with Crippen LogP contribution >= 0.6 is 0 Å². The van der Waals surface area contributed by atoms with Gasteiger partial charge in [-0.25, -0.2) is 0 Å². The third kappa shape index (κ3) is 3.55. The van der Waals surface area contributed by atoms with Gasteiger partial charge in [0, 0.05) is 12.1 Å². The fourth-order valence-corrected chi connectivity index (χ4v) is 2.90. The van der Waals surface area contributed by atoms with Crippen molar-refractivity contribution in [3.63, 3.8) is 0 Å². The first-order chi connectivity index (χ1) is 10.6. The highest BCUT2D eigenvalue weighted by Gasteiger charge is 2.26. The van der Waals surface area contributed by atoms with Gasteiger partial charge in [0.25, 0.3) is 5.91 Å². The van der Waals surface area contributed by atoms with Gasteiger partial charge in [-0.15, -0.1) is 0 Å². The zero-order valence-electron chi connectivity index (χ0n) is 13.1. The summed E-state index contributed by atoms with van der Waals surface area (Å²) < 4.78 is 5.15. The molecule has 0 radical (unpaired) electrons. The summed E-state index contributed by atoms with van der Waals surface area (Å²) in [6, 6.07) is 3.30. The maximum Gasteiger partial charge on any atom is 0.312 e. The van der Waals surface area contributed by atoms with Gasteiger partial charge in [0.1, 0.15) is 0 Å². The first-order valence-corrected chi connectivity index (χ1v) is 7.73. The number of nitro groups is 1. The monoisotopic (exact) mass is 306 g/mol. The number of benzene rings is 1. The van der Waals surface area contributed by atoms with Crippen LogP contribution < -0.4 is 10.1 Å². The van der Waals surface area contributed by atoms with Crippen LogP contribution in [0.2, 0.25) is 0 Å². The van der Waals surface area contributed by atoms with Crippen LogP contribution in [-0.4, -0.2) is 24.0 Å². The van der Waals surface area contributed by atoms with Gasteiger partial charge in [0.05, 0.1) is 17.6 Å². The van der Waals surface area contributed by atoms with Crippen molar-refractivity contribution in [2.45, 2.75) is 51.5 Å². The number of nitrogens with zero attached hydrogens (tertiary/aromatic N) is 1. The molecule has 0 unspecified atom stereocenters. The third-order valence-electron chi connectivity index (χ3n) is 4.12. The summed E-state index contributed by atoms with van der Waals surface area (Å²) in [5.41, 5.74) is 0.844. The molecule has 0 saturated heterocycles. The normalized spacial score (nSPS) is 15.4. The van der Waals surface area contributed by atoms with E-state index in [0.29, 0.717) is 6.42 Å². The summed E-state index contributed by atoms with van der Waals surface area (Å²) in [6.45, 7) is 1.90. The van der Waals surface area contributed by atoms with E-state index in [1.54, 1.807) is 6.07 Å². The number of carbonyl (C=O) groups is 1. The average Bonchev–Trinajstić information content (AvgIpc) is 2.54. The molecule has 120 valence electrons. The summed E-state index contributed by atoms with van der Waals surface area (Å²) in [7, 11) is 1.35. The van der Waals surface area contributed by atoms with E-state index in [9.17, 15) is 14.9 Å². The fraction of sp³-hybridized carbons (Fsp3) is 0.562. The largest absolute Gasteiger partial charge is 0.490 e. The minimum Gasteiger partial charge on any atom is -0.490 e. The van der Waals surface area contributed by atoms with Crippen LogP contribution in [0.3, 0.4) is 0 Å². The lowest BCUT2D eigenvalue weighted by Gasteiger charge is -2.23. The fourth-order valence-electron chi connectivity index (χ4n) is 2.90. The average molecular weight is 306 g/mol. The van der Waals surface area contributed by atoms with E-state index in [0.717, 1.165) is 31.2 Å². The lowest BCUT2D eigenvalue weighted by Crippen LogP contribution is -2.36. The molecule has 1 fully saturated rings. The summed E-state index contributed by atoms with van der Waals surface area (Å²) in [6.07, 6.45) is 5.96. The van der Waals surface area contributed by atoms with Crippen LogP contribution in [0, 0.1) is 10.1 Å². The number of methoxy groups -OCH3 is 1. The van der Waals surface area contributed by atoms with E-state index in [1.807, 2.05) is 6.92 Å². The molecule has 6 nitrogen and oxygen atoms in total. The zero-order valence-corrected chi connectivity index (χ0v) is 13.1. The Bertz CT molecular complexity index is 566. The third-order valence-corrected chi connectivity index (χ3v) is 4.12. The van der Waals surface area contributed by atoms with E-state index in [4.69, 9.17) is 4.74 Å². The van der Waals surface area contributed by atoms with Crippen molar-refractivity contribution < 1.29 is 14.5 Å². The Morgan fingerprint density at radius 1 is 1.36 bits per heavy atom. The Balaban J connectivity index is 2.32. The summed E-state index contributed by atoms with van der Waals surface area (Å²) in [5.74, 6) is -0.252. The first kappa shape index (κ1) is 16.3. The molecule has 22 heavy (non-hydrogen) atoms. The van der Waals surface area contributed by atoms with E-state index in [-0.39, 0.29) is 28.9 Å². The highest BCUT2D eigenvalue weighted by Crippen LogP contribution is 2.33. The van der Waals surface area contributed by atoms with E-state index < -0.39 is 4.92 Å². The molecule has 0 atom stereocenters. The minimum atomic E-state index is -0.505. The summed E-state index contributed by atoms with van der Waals surface area (Å²) in [5, 5.41) is 14.2. The Labute approximate surface area is 130 Å². The number of amides is 1. The van der Waals surface area contributed by atoms with Gasteiger partial charge >= 0.3 is 5.69 Å². The topological polar surface area (TPSA) is 81.5 Å². The van der Waals surface area contributed by atoms with Gasteiger partial charge in [-0.05, 0) is 30.9 Å². The molecule has 6 heteroatoms. The molecule has 0 aliphatic heterocycles. The second kappa shape index (κ2) is 7.24. The van der Waals surface area contributed by atoms with Crippen molar-refractivity contribution in [2.75, 3.05) is 7.11 Å². The zero-order chi connectivity index (χ0) is 16.1. The molecular weight excluding hydrogens is 284 g/mol. The number of ether oxygens (including phenoxy) is 1. The Morgan fingerprint density at radius 2 is 2.05 bits per heavy atom. The van der Waals surface area contributed by atoms with Gasteiger partial charge in [0.2, 0.25) is 5.75 Å². The van der Waals surface area contributed by atoms with Crippen molar-refractivity contribution in [2.24, 2.45) is 0 Å². The molecule has 1 amide bonds. The number of rotatable bonds is 5. The summed E-state index contributed by atoms with van der Waals surface area (Å²) >= 11 is 0. The number of hydrogen-bond donors (Lipinski definition) is 1. The molecule has 1 aliphatic carbocycles. The molecular formula is C16H22N2O4. The maximum atomic E-state index is 12.5. The molecule has 0 spiro atoms. The van der Waals surface area contributed by atoms with Crippen molar-refractivity contribution in [3.8, 4) is 5.75 Å².